The molecule has 0 fully saturated rings. The van der Waals surface area contributed by atoms with Crippen LogP contribution >= 0.6 is 0 Å². The zero-order valence-corrected chi connectivity index (χ0v) is 11.2. The summed E-state index contributed by atoms with van der Waals surface area (Å²) < 4.78 is 0. The van der Waals surface area contributed by atoms with Crippen LogP contribution in [-0.2, 0) is 6.42 Å². The van der Waals surface area contributed by atoms with Gasteiger partial charge in [-0.1, -0.05) is 23.8 Å². The number of hydrogen-bond acceptors (Lipinski definition) is 3. The van der Waals surface area contributed by atoms with Crippen LogP contribution in [0.5, 0.6) is 0 Å². The second-order valence-electron chi connectivity index (χ2n) is 4.60. The number of nitrogens with zero attached hydrogens (tertiary/aromatic N) is 3. The van der Waals surface area contributed by atoms with Crippen LogP contribution in [0.2, 0.25) is 0 Å². The molecule has 0 aliphatic carbocycles. The van der Waals surface area contributed by atoms with Crippen LogP contribution in [0.25, 0.3) is 0 Å². The van der Waals surface area contributed by atoms with Crippen LogP contribution in [0, 0.1) is 18.8 Å². The van der Waals surface area contributed by atoms with Gasteiger partial charge in [-0.3, -0.25) is 4.98 Å². The summed E-state index contributed by atoms with van der Waals surface area (Å²) in [5.74, 6) is 0. The molecular formula is C15H17N3O. The topological polar surface area (TPSA) is 45.6 Å². The van der Waals surface area contributed by atoms with Gasteiger partial charge in [-0.15, -0.1) is 4.91 Å². The lowest BCUT2D eigenvalue weighted by Crippen LogP contribution is -2.18. The van der Waals surface area contributed by atoms with Gasteiger partial charge in [0, 0.05) is 18.4 Å². The molecule has 1 aromatic carbocycles. The average Bonchev–Trinajstić information content (AvgIpc) is 2.43. The van der Waals surface area contributed by atoms with E-state index in [1.807, 2.05) is 56.4 Å². The first-order valence-electron chi connectivity index (χ1n) is 6.28. The first kappa shape index (κ1) is 13.2. The molecule has 0 N–H and O–H groups in total. The minimum absolute atomic E-state index is 0.553. The van der Waals surface area contributed by atoms with Crippen LogP contribution in [0.15, 0.2) is 47.9 Å². The Labute approximate surface area is 113 Å². The lowest BCUT2D eigenvalue weighted by molar-refractivity contribution is 0.816. The Morgan fingerprint density at radius 3 is 2.42 bits per heavy atom. The molecule has 0 spiro atoms. The van der Waals surface area contributed by atoms with E-state index < -0.39 is 0 Å². The molecule has 0 saturated heterocycles. The summed E-state index contributed by atoms with van der Waals surface area (Å²) in [6, 6.07) is 11.8. The van der Waals surface area contributed by atoms with Crippen LogP contribution < -0.4 is 5.01 Å². The summed E-state index contributed by atoms with van der Waals surface area (Å²) in [4.78, 5) is 15.2. The van der Waals surface area contributed by atoms with Crippen molar-refractivity contribution in [3.8, 4) is 0 Å². The average molecular weight is 255 g/mol. The van der Waals surface area contributed by atoms with Gasteiger partial charge in [-0.05, 0) is 44.0 Å². The molecule has 0 unspecified atom stereocenters. The fourth-order valence-corrected chi connectivity index (χ4v) is 1.82. The highest BCUT2D eigenvalue weighted by Crippen LogP contribution is 2.16. The molecule has 0 bridgehead atoms. The smallest absolute Gasteiger partial charge is 0.0626 e. The van der Waals surface area contributed by atoms with E-state index in [4.69, 9.17) is 0 Å². The molecule has 0 radical (unpaired) electrons. The van der Waals surface area contributed by atoms with Gasteiger partial charge < -0.3 is 0 Å². The molecule has 0 atom stereocenters. The molecule has 0 amide bonds. The van der Waals surface area contributed by atoms with Crippen LogP contribution in [0.1, 0.15) is 16.8 Å². The Kier molecular flexibility index (Phi) is 4.23. The molecular weight excluding hydrogens is 238 g/mol. The third-order valence-electron chi connectivity index (χ3n) is 3.02. The fourth-order valence-electron chi connectivity index (χ4n) is 1.82. The summed E-state index contributed by atoms with van der Waals surface area (Å²) in [5.41, 5.74) is 4.08. The number of benzene rings is 1. The summed E-state index contributed by atoms with van der Waals surface area (Å²) >= 11 is 0. The molecule has 4 nitrogen and oxygen atoms in total. The number of hydrogen-bond donors (Lipinski definition) is 0. The van der Waals surface area contributed by atoms with Gasteiger partial charge in [0.15, 0.2) is 0 Å². The third kappa shape index (κ3) is 3.61. The van der Waals surface area contributed by atoms with Crippen LogP contribution in [-0.4, -0.2) is 11.5 Å². The quantitative estimate of drug-likeness (QED) is 0.607. The van der Waals surface area contributed by atoms with E-state index in [-0.39, 0.29) is 0 Å². The van der Waals surface area contributed by atoms with Gasteiger partial charge in [0.2, 0.25) is 0 Å². The minimum atomic E-state index is 0.553. The van der Waals surface area contributed by atoms with Crippen molar-refractivity contribution in [2.24, 2.45) is 5.29 Å². The van der Waals surface area contributed by atoms with Gasteiger partial charge in [0.1, 0.15) is 0 Å². The maximum absolute atomic E-state index is 10.9. The van der Waals surface area contributed by atoms with E-state index >= 15 is 0 Å². The van der Waals surface area contributed by atoms with E-state index in [1.54, 1.807) is 0 Å². The van der Waals surface area contributed by atoms with Gasteiger partial charge in [0.05, 0.1) is 11.0 Å². The second kappa shape index (κ2) is 6.09. The lowest BCUT2D eigenvalue weighted by Gasteiger charge is -2.15. The summed E-state index contributed by atoms with van der Waals surface area (Å²) in [6.45, 7) is 4.52. The van der Waals surface area contributed by atoms with Crippen LogP contribution in [0.4, 0.5) is 5.69 Å². The first-order chi connectivity index (χ1) is 9.19. The Morgan fingerprint density at radius 1 is 1.11 bits per heavy atom. The highest BCUT2D eigenvalue weighted by molar-refractivity contribution is 5.46. The summed E-state index contributed by atoms with van der Waals surface area (Å²) in [7, 11) is 0. The summed E-state index contributed by atoms with van der Waals surface area (Å²) in [5, 5.41) is 4.56. The normalized spacial score (nSPS) is 10.2. The lowest BCUT2D eigenvalue weighted by atomic mass is 10.2. The number of pyridine rings is 1. The molecule has 4 heteroatoms. The van der Waals surface area contributed by atoms with Crippen LogP contribution in [0.3, 0.4) is 0 Å². The van der Waals surface area contributed by atoms with Crippen molar-refractivity contribution in [2.75, 3.05) is 11.6 Å². The molecule has 19 heavy (non-hydrogen) atoms. The Morgan fingerprint density at radius 2 is 1.84 bits per heavy atom. The van der Waals surface area contributed by atoms with Crippen molar-refractivity contribution >= 4 is 5.69 Å². The number of rotatable bonds is 5. The molecule has 0 aliphatic heterocycles. The fraction of sp³-hybridized carbons (Fsp3) is 0.267. The van der Waals surface area contributed by atoms with Crippen molar-refractivity contribution in [3.05, 3.63) is 64.3 Å². The molecule has 0 aliphatic rings. The van der Waals surface area contributed by atoms with Gasteiger partial charge in [-0.25, -0.2) is 5.01 Å². The zero-order valence-electron chi connectivity index (χ0n) is 11.2. The second-order valence-corrected chi connectivity index (χ2v) is 4.60. The van der Waals surface area contributed by atoms with Crippen molar-refractivity contribution in [1.29, 1.82) is 0 Å². The van der Waals surface area contributed by atoms with Gasteiger partial charge >= 0.3 is 0 Å². The Balaban J connectivity index is 2.01. The van der Waals surface area contributed by atoms with E-state index in [0.29, 0.717) is 6.54 Å². The molecule has 1 heterocycles. The van der Waals surface area contributed by atoms with Gasteiger partial charge in [-0.2, -0.15) is 0 Å². The van der Waals surface area contributed by atoms with E-state index in [1.165, 1.54) is 5.01 Å². The van der Waals surface area contributed by atoms with E-state index in [0.717, 1.165) is 28.9 Å². The number of aryl methyl sites for hydroxylation is 2. The molecule has 0 saturated carbocycles. The maximum atomic E-state index is 10.9. The molecule has 98 valence electrons. The highest BCUT2D eigenvalue weighted by Gasteiger charge is 2.06. The molecule has 1 aromatic heterocycles. The standard InChI is InChI=1S/C15H17N3O/c1-12-3-7-15(8-4-12)18(17-19)10-9-14-6-5-13(2)16-11-14/h3-8,11H,9-10H2,1-2H3. The van der Waals surface area contributed by atoms with E-state index in [9.17, 15) is 4.91 Å². The monoisotopic (exact) mass is 255 g/mol. The van der Waals surface area contributed by atoms with Crippen molar-refractivity contribution in [3.63, 3.8) is 0 Å². The van der Waals surface area contributed by atoms with Crippen molar-refractivity contribution < 1.29 is 0 Å². The largest absolute Gasteiger partial charge is 0.261 e. The van der Waals surface area contributed by atoms with E-state index in [2.05, 4.69) is 10.3 Å². The first-order valence-corrected chi connectivity index (χ1v) is 6.28. The third-order valence-corrected chi connectivity index (χ3v) is 3.02. The van der Waals surface area contributed by atoms with Crippen molar-refractivity contribution in [2.45, 2.75) is 20.3 Å². The molecule has 2 rings (SSSR count). The minimum Gasteiger partial charge on any atom is -0.261 e. The maximum Gasteiger partial charge on any atom is 0.0626 e. The number of anilines is 1. The van der Waals surface area contributed by atoms with Gasteiger partial charge in [0.25, 0.3) is 0 Å². The number of nitroso groups, excluding NO2 is 1. The Hall–Kier alpha value is -2.23. The Bertz CT molecular complexity index is 534. The zero-order chi connectivity index (χ0) is 13.7. The SMILES string of the molecule is Cc1ccc(N(CCc2ccc(C)nc2)N=O)cc1. The predicted molar refractivity (Wildman–Crippen MR) is 77.0 cm³/mol. The van der Waals surface area contributed by atoms with Crippen molar-refractivity contribution in [1.82, 2.24) is 4.98 Å². The highest BCUT2D eigenvalue weighted by atomic mass is 16.3. The predicted octanol–water partition coefficient (Wildman–Crippen LogP) is 3.43. The molecule has 2 aromatic rings. The number of aromatic nitrogens is 1. The summed E-state index contributed by atoms with van der Waals surface area (Å²) in [6.07, 6.45) is 2.58.